The first-order valence-corrected chi connectivity index (χ1v) is 8.08. The molecule has 1 saturated carbocycles. The Hall–Kier alpha value is -2.82. The number of carbonyl (C=O) groups is 1. The quantitative estimate of drug-likeness (QED) is 0.531. The second-order valence-electron chi connectivity index (χ2n) is 6.13. The zero-order chi connectivity index (χ0) is 16.5. The molecule has 0 radical (unpaired) electrons. The van der Waals surface area contributed by atoms with Gasteiger partial charge in [0.15, 0.2) is 0 Å². The fraction of sp³-hybridized carbons (Fsp3) is 0.263. The predicted octanol–water partition coefficient (Wildman–Crippen LogP) is 3.72. The van der Waals surface area contributed by atoms with E-state index in [2.05, 4.69) is 4.98 Å². The van der Waals surface area contributed by atoms with Crippen molar-refractivity contribution in [1.82, 2.24) is 9.38 Å². The van der Waals surface area contributed by atoms with Gasteiger partial charge in [-0.3, -0.25) is 4.79 Å². The molecule has 24 heavy (non-hydrogen) atoms. The van der Waals surface area contributed by atoms with Crippen molar-refractivity contribution in [3.63, 3.8) is 0 Å². The minimum atomic E-state index is -0.325. The molecule has 3 aromatic rings. The van der Waals surface area contributed by atoms with Crippen LogP contribution in [0, 0.1) is 5.92 Å². The average Bonchev–Trinajstić information content (AvgIpc) is 3.30. The summed E-state index contributed by atoms with van der Waals surface area (Å²) in [4.78, 5) is 15.6. The molecule has 1 fully saturated rings. The molecular weight excluding hydrogens is 304 g/mol. The van der Waals surface area contributed by atoms with Gasteiger partial charge < -0.3 is 13.9 Å². The van der Waals surface area contributed by atoms with Crippen molar-refractivity contribution in [3.8, 4) is 22.8 Å². The number of aromatic nitrogens is 2. The Morgan fingerprint density at radius 1 is 1.12 bits per heavy atom. The van der Waals surface area contributed by atoms with Crippen LogP contribution in [0.2, 0.25) is 0 Å². The Balaban J connectivity index is 1.56. The highest BCUT2D eigenvalue weighted by Crippen LogP contribution is 2.30. The molecule has 0 atom stereocenters. The molecule has 4 rings (SSSR count). The van der Waals surface area contributed by atoms with Gasteiger partial charge in [0.2, 0.25) is 0 Å². The van der Waals surface area contributed by atoms with Crippen LogP contribution < -0.4 is 9.47 Å². The highest BCUT2D eigenvalue weighted by Gasteiger charge is 2.21. The summed E-state index contributed by atoms with van der Waals surface area (Å²) in [6, 6.07) is 11.2. The molecule has 5 heteroatoms. The van der Waals surface area contributed by atoms with Gasteiger partial charge in [0.1, 0.15) is 17.1 Å². The first-order chi connectivity index (χ1) is 11.7. The third-order valence-electron chi connectivity index (χ3n) is 4.02. The number of hydrogen-bond acceptors (Lipinski definition) is 4. The van der Waals surface area contributed by atoms with Gasteiger partial charge in [0, 0.05) is 18.7 Å². The smallest absolute Gasteiger partial charge is 0.308 e. The van der Waals surface area contributed by atoms with Gasteiger partial charge in [0.25, 0.3) is 0 Å². The summed E-state index contributed by atoms with van der Waals surface area (Å²) in [6.07, 6.45) is 6.49. The second-order valence-corrected chi connectivity index (χ2v) is 6.13. The third kappa shape index (κ3) is 3.25. The van der Waals surface area contributed by atoms with Crippen LogP contribution in [-0.2, 0) is 4.79 Å². The predicted molar refractivity (Wildman–Crippen MR) is 90.2 cm³/mol. The van der Waals surface area contributed by atoms with Crippen LogP contribution in [0.4, 0.5) is 0 Å². The fourth-order valence-electron chi connectivity index (χ4n) is 2.55. The second kappa shape index (κ2) is 6.00. The first-order valence-electron chi connectivity index (χ1n) is 8.08. The van der Waals surface area contributed by atoms with E-state index in [1.165, 1.54) is 19.8 Å². The van der Waals surface area contributed by atoms with Gasteiger partial charge in [-0.2, -0.15) is 0 Å². The summed E-state index contributed by atoms with van der Waals surface area (Å²) in [6.45, 7) is 2.18. The zero-order valence-corrected chi connectivity index (χ0v) is 13.4. The van der Waals surface area contributed by atoms with Crippen molar-refractivity contribution in [1.29, 1.82) is 0 Å². The van der Waals surface area contributed by atoms with Crippen molar-refractivity contribution in [2.45, 2.75) is 19.8 Å². The molecule has 1 aromatic carbocycles. The topological polar surface area (TPSA) is 52.8 Å². The Labute approximate surface area is 139 Å². The molecule has 0 amide bonds. The van der Waals surface area contributed by atoms with E-state index in [1.54, 1.807) is 12.1 Å². The monoisotopic (exact) mass is 322 g/mol. The molecule has 0 spiro atoms. The number of fused-ring (bicyclic) bond motifs is 1. The SMILES string of the molecule is CC(=O)Oc1ccc(-c2cn3cc(OCC4CC4)ccc3n2)cc1. The molecule has 2 aromatic heterocycles. The van der Waals surface area contributed by atoms with E-state index in [0.717, 1.165) is 35.2 Å². The van der Waals surface area contributed by atoms with E-state index < -0.39 is 0 Å². The molecule has 1 aliphatic rings. The molecule has 0 saturated heterocycles. The third-order valence-corrected chi connectivity index (χ3v) is 4.02. The maximum atomic E-state index is 11.0. The van der Waals surface area contributed by atoms with Crippen LogP contribution in [0.15, 0.2) is 48.8 Å². The fourth-order valence-corrected chi connectivity index (χ4v) is 2.55. The number of pyridine rings is 1. The van der Waals surface area contributed by atoms with Gasteiger partial charge in [-0.25, -0.2) is 4.98 Å². The van der Waals surface area contributed by atoms with E-state index in [-0.39, 0.29) is 5.97 Å². The molecule has 0 unspecified atom stereocenters. The van der Waals surface area contributed by atoms with E-state index >= 15 is 0 Å². The summed E-state index contributed by atoms with van der Waals surface area (Å²) in [5.41, 5.74) is 2.70. The molecule has 2 heterocycles. The summed E-state index contributed by atoms with van der Waals surface area (Å²) in [5, 5.41) is 0. The van der Waals surface area contributed by atoms with Crippen LogP contribution in [-0.4, -0.2) is 22.0 Å². The van der Waals surface area contributed by atoms with E-state index in [9.17, 15) is 4.79 Å². The number of rotatable bonds is 5. The summed E-state index contributed by atoms with van der Waals surface area (Å²) < 4.78 is 12.8. The lowest BCUT2D eigenvalue weighted by Gasteiger charge is -2.04. The maximum absolute atomic E-state index is 11.0. The van der Waals surface area contributed by atoms with Gasteiger partial charge in [0.05, 0.1) is 18.5 Å². The van der Waals surface area contributed by atoms with Gasteiger partial charge >= 0.3 is 5.97 Å². The normalized spacial score (nSPS) is 13.9. The zero-order valence-electron chi connectivity index (χ0n) is 13.4. The van der Waals surface area contributed by atoms with Gasteiger partial charge in [-0.1, -0.05) is 0 Å². The van der Waals surface area contributed by atoms with Gasteiger partial charge in [-0.15, -0.1) is 0 Å². The lowest BCUT2D eigenvalue weighted by molar-refractivity contribution is -0.131. The van der Waals surface area contributed by atoms with Crippen LogP contribution in [0.3, 0.4) is 0 Å². The van der Waals surface area contributed by atoms with Crippen molar-refractivity contribution < 1.29 is 14.3 Å². The first kappa shape index (κ1) is 14.8. The Morgan fingerprint density at radius 3 is 2.58 bits per heavy atom. The maximum Gasteiger partial charge on any atom is 0.308 e. The van der Waals surface area contributed by atoms with Gasteiger partial charge in [-0.05, 0) is 55.2 Å². The average molecular weight is 322 g/mol. The Bertz CT molecular complexity index is 879. The molecule has 122 valence electrons. The molecule has 5 nitrogen and oxygen atoms in total. The molecule has 1 aliphatic carbocycles. The van der Waals surface area contributed by atoms with E-state index in [4.69, 9.17) is 9.47 Å². The Kier molecular flexibility index (Phi) is 3.69. The molecule has 0 aliphatic heterocycles. The minimum absolute atomic E-state index is 0.325. The number of hydrogen-bond donors (Lipinski definition) is 0. The van der Waals surface area contributed by atoms with Crippen LogP contribution in [0.25, 0.3) is 16.9 Å². The summed E-state index contributed by atoms with van der Waals surface area (Å²) in [5.74, 6) is 1.80. The number of imidazole rings is 1. The summed E-state index contributed by atoms with van der Waals surface area (Å²) in [7, 11) is 0. The number of benzene rings is 1. The number of carbonyl (C=O) groups excluding carboxylic acids is 1. The molecular formula is C19H18N2O3. The summed E-state index contributed by atoms with van der Waals surface area (Å²) >= 11 is 0. The lowest BCUT2D eigenvalue weighted by Crippen LogP contribution is -2.00. The molecule has 0 N–H and O–H groups in total. The minimum Gasteiger partial charge on any atom is -0.492 e. The largest absolute Gasteiger partial charge is 0.492 e. The number of esters is 1. The number of nitrogens with zero attached hydrogens (tertiary/aromatic N) is 2. The highest BCUT2D eigenvalue weighted by atomic mass is 16.5. The van der Waals surface area contributed by atoms with Crippen LogP contribution >= 0.6 is 0 Å². The standard InChI is InChI=1S/C19H18N2O3/c1-13(22)24-16-6-4-15(5-7-16)18-11-21-10-17(8-9-19(21)20-18)23-12-14-2-3-14/h4-11,14H,2-3,12H2,1H3. The van der Waals surface area contributed by atoms with Crippen molar-refractivity contribution >= 4 is 11.6 Å². The Morgan fingerprint density at radius 2 is 1.88 bits per heavy atom. The van der Waals surface area contributed by atoms with E-state index in [0.29, 0.717) is 5.75 Å². The van der Waals surface area contributed by atoms with Crippen molar-refractivity contribution in [3.05, 3.63) is 48.8 Å². The van der Waals surface area contributed by atoms with Crippen molar-refractivity contribution in [2.24, 2.45) is 5.92 Å². The molecule has 0 bridgehead atoms. The van der Waals surface area contributed by atoms with E-state index in [1.807, 2.05) is 41.1 Å². The lowest BCUT2D eigenvalue weighted by atomic mass is 10.2. The highest BCUT2D eigenvalue weighted by molar-refractivity contribution is 5.70. The van der Waals surface area contributed by atoms with Crippen LogP contribution in [0.1, 0.15) is 19.8 Å². The van der Waals surface area contributed by atoms with Crippen molar-refractivity contribution in [2.75, 3.05) is 6.61 Å². The van der Waals surface area contributed by atoms with Crippen LogP contribution in [0.5, 0.6) is 11.5 Å². The number of ether oxygens (including phenoxy) is 2.